The van der Waals surface area contributed by atoms with Crippen LogP contribution in [0.3, 0.4) is 0 Å². The van der Waals surface area contributed by atoms with Crippen LogP contribution >= 0.6 is 0 Å². The van der Waals surface area contributed by atoms with E-state index >= 15 is 0 Å². The number of carbonyl (C=O) groups excluding carboxylic acids is 1. The number of hydrogen-bond acceptors (Lipinski definition) is 7. The first-order valence-corrected chi connectivity index (χ1v) is 15.2. The van der Waals surface area contributed by atoms with E-state index in [1.165, 1.54) is 0 Å². The zero-order valence-electron chi connectivity index (χ0n) is 23.4. The maximum atomic E-state index is 14.7. The van der Waals surface area contributed by atoms with Crippen molar-refractivity contribution < 1.29 is 31.5 Å². The van der Waals surface area contributed by atoms with Crippen molar-refractivity contribution in [1.82, 2.24) is 19.9 Å². The number of methoxy groups -OCH3 is 1. The van der Waals surface area contributed by atoms with Gasteiger partial charge in [0.2, 0.25) is 15.3 Å². The lowest BCUT2D eigenvalue weighted by Crippen LogP contribution is -2.24. The van der Waals surface area contributed by atoms with Gasteiger partial charge in [-0.1, -0.05) is 12.1 Å². The Labute approximate surface area is 246 Å². The summed E-state index contributed by atoms with van der Waals surface area (Å²) in [4.78, 5) is 21.5. The van der Waals surface area contributed by atoms with Gasteiger partial charge in [0, 0.05) is 59.4 Å². The molecule has 0 fully saturated rings. The van der Waals surface area contributed by atoms with Crippen LogP contribution in [-0.4, -0.2) is 54.7 Å². The summed E-state index contributed by atoms with van der Waals surface area (Å²) in [6.45, 7) is 3.06. The third-order valence-electron chi connectivity index (χ3n) is 7.51. The van der Waals surface area contributed by atoms with Crippen molar-refractivity contribution in [2.45, 2.75) is 36.8 Å². The smallest absolute Gasteiger partial charge is 0.251 e. The van der Waals surface area contributed by atoms with E-state index in [4.69, 9.17) is 14.5 Å². The van der Waals surface area contributed by atoms with E-state index in [0.29, 0.717) is 17.8 Å². The number of pyridine rings is 2. The van der Waals surface area contributed by atoms with E-state index in [2.05, 4.69) is 33.9 Å². The molecule has 0 spiro atoms. The molecule has 0 radical (unpaired) electrons. The molecule has 0 aliphatic carbocycles. The Kier molecular flexibility index (Phi) is 7.57. The van der Waals surface area contributed by atoms with E-state index in [-0.39, 0.29) is 18.7 Å². The summed E-state index contributed by atoms with van der Waals surface area (Å²) < 4.78 is 66.6. The van der Waals surface area contributed by atoms with Crippen molar-refractivity contribution in [3.05, 3.63) is 83.6 Å². The molecule has 43 heavy (non-hydrogen) atoms. The number of sulfone groups is 1. The predicted molar refractivity (Wildman–Crippen MR) is 157 cm³/mol. The van der Waals surface area contributed by atoms with E-state index in [1.54, 1.807) is 19.4 Å². The number of carbonyl (C=O) groups is 1. The summed E-state index contributed by atoms with van der Waals surface area (Å²) in [6.07, 6.45) is 1.21. The molecule has 1 N–H and O–H groups in total. The van der Waals surface area contributed by atoms with Gasteiger partial charge in [-0.25, -0.2) is 22.2 Å². The first-order valence-electron chi connectivity index (χ1n) is 13.6. The van der Waals surface area contributed by atoms with E-state index in [1.807, 2.05) is 24.3 Å². The van der Waals surface area contributed by atoms with Crippen molar-refractivity contribution in [1.29, 1.82) is 0 Å². The molecule has 4 heterocycles. The van der Waals surface area contributed by atoms with Gasteiger partial charge in [-0.3, -0.25) is 9.78 Å². The van der Waals surface area contributed by atoms with E-state index < -0.39 is 44.1 Å². The average molecular weight is 607 g/mol. The van der Waals surface area contributed by atoms with E-state index in [9.17, 15) is 22.0 Å². The van der Waals surface area contributed by atoms with Crippen LogP contribution < -0.4 is 10.1 Å². The topological polar surface area (TPSA) is 112 Å². The van der Waals surface area contributed by atoms with Gasteiger partial charge in [0.25, 0.3) is 5.91 Å². The molecular formula is C31H28F2N4O5S. The molecular weight excluding hydrogens is 578 g/mol. The maximum absolute atomic E-state index is 14.7. The Bertz CT molecular complexity index is 1990. The zero-order chi connectivity index (χ0) is 30.3. The fourth-order valence-electron chi connectivity index (χ4n) is 5.29. The normalized spacial score (nSPS) is 16.0. The van der Waals surface area contributed by atoms with Crippen molar-refractivity contribution >= 4 is 37.6 Å². The lowest BCUT2D eigenvalue weighted by atomic mass is 10.1. The minimum Gasteiger partial charge on any atom is -0.489 e. The molecule has 1 amide bonds. The van der Waals surface area contributed by atoms with Gasteiger partial charge in [0.1, 0.15) is 4.90 Å². The van der Waals surface area contributed by atoms with Gasteiger partial charge in [-0.15, -0.1) is 0 Å². The second-order valence-electron chi connectivity index (χ2n) is 10.3. The number of hydrogen-bond donors (Lipinski definition) is 1. The van der Waals surface area contributed by atoms with Gasteiger partial charge in [-0.05, 0) is 49.4 Å². The third-order valence-corrected chi connectivity index (χ3v) is 9.34. The highest BCUT2D eigenvalue weighted by atomic mass is 32.2. The average Bonchev–Trinajstić information content (AvgIpc) is 3.27. The number of alkyl halides is 1. The number of rotatable bonds is 7. The SMILES string of the molecule is COCCn1c(C)cc2c(-c3ccc4cnc(CNC(=O)c5cc(F)c6c(c5)S(=O)(=O)[C@@H](F)CCO6)cc4n3)cccc21. The summed E-state index contributed by atoms with van der Waals surface area (Å²) in [5, 5.41) is 4.50. The first kappa shape index (κ1) is 28.7. The van der Waals surface area contributed by atoms with Crippen molar-refractivity contribution in [3.63, 3.8) is 0 Å². The van der Waals surface area contributed by atoms with Crippen LogP contribution in [0.25, 0.3) is 33.1 Å². The maximum Gasteiger partial charge on any atom is 0.251 e. The summed E-state index contributed by atoms with van der Waals surface area (Å²) in [7, 11) is -2.83. The fraction of sp³-hybridized carbons (Fsp3) is 0.258. The number of aromatic nitrogens is 3. The molecule has 3 aromatic heterocycles. The number of aryl methyl sites for hydroxylation is 1. The Morgan fingerprint density at radius 1 is 1.19 bits per heavy atom. The van der Waals surface area contributed by atoms with Crippen molar-refractivity contribution in [3.8, 4) is 17.0 Å². The number of nitrogens with one attached hydrogen (secondary N) is 1. The minimum atomic E-state index is -4.51. The molecule has 0 saturated heterocycles. The number of halogens is 2. The molecule has 12 heteroatoms. The molecule has 9 nitrogen and oxygen atoms in total. The van der Waals surface area contributed by atoms with Gasteiger partial charge >= 0.3 is 0 Å². The second-order valence-corrected chi connectivity index (χ2v) is 12.3. The highest BCUT2D eigenvalue weighted by Gasteiger charge is 2.35. The molecule has 1 aliphatic heterocycles. The quantitative estimate of drug-likeness (QED) is 0.274. The lowest BCUT2D eigenvalue weighted by Gasteiger charge is -2.12. The molecule has 6 rings (SSSR count). The van der Waals surface area contributed by atoms with Crippen LogP contribution in [0.2, 0.25) is 0 Å². The highest BCUT2D eigenvalue weighted by Crippen LogP contribution is 2.35. The molecule has 0 unspecified atom stereocenters. The molecule has 0 saturated carbocycles. The van der Waals surface area contributed by atoms with Crippen LogP contribution in [0.15, 0.2) is 65.7 Å². The standard InChI is InChI=1S/C31H28F2N4O5S/c1-18-12-23-22(4-3-5-27(23)37(18)9-11-41-2)25-7-6-19-16-34-21(15-26(19)36-25)17-35-31(38)20-13-24(32)30-28(14-20)43(39,40)29(33)8-10-42-30/h3-7,12-16,29H,8-11,17H2,1-2H3,(H,35,38)/t29-/m1/s1. The largest absolute Gasteiger partial charge is 0.489 e. The van der Waals surface area contributed by atoms with Crippen LogP contribution in [0.1, 0.15) is 28.2 Å². The summed E-state index contributed by atoms with van der Waals surface area (Å²) in [5.74, 6) is -2.38. The molecule has 2 aromatic carbocycles. The summed E-state index contributed by atoms with van der Waals surface area (Å²) >= 11 is 0. The summed E-state index contributed by atoms with van der Waals surface area (Å²) in [5.41, 5.74) is 2.58. The molecule has 0 bridgehead atoms. The van der Waals surface area contributed by atoms with E-state index in [0.717, 1.165) is 51.9 Å². The Balaban J connectivity index is 1.26. The fourth-order valence-corrected chi connectivity index (χ4v) is 6.68. The number of fused-ring (bicyclic) bond motifs is 3. The predicted octanol–water partition coefficient (Wildman–Crippen LogP) is 5.13. The van der Waals surface area contributed by atoms with Crippen molar-refractivity contribution in [2.75, 3.05) is 20.3 Å². The van der Waals surface area contributed by atoms with Crippen LogP contribution in [0, 0.1) is 12.7 Å². The molecule has 1 atom stereocenters. The van der Waals surface area contributed by atoms with Gasteiger partial charge in [0.15, 0.2) is 11.6 Å². The molecule has 222 valence electrons. The zero-order valence-corrected chi connectivity index (χ0v) is 24.2. The Hall–Kier alpha value is -4.42. The Morgan fingerprint density at radius 3 is 2.84 bits per heavy atom. The number of ether oxygens (including phenoxy) is 2. The molecule has 1 aliphatic rings. The molecule has 5 aromatic rings. The van der Waals surface area contributed by atoms with Gasteiger partial charge in [0.05, 0.1) is 36.7 Å². The summed E-state index contributed by atoms with van der Waals surface area (Å²) in [6, 6.07) is 15.7. The lowest BCUT2D eigenvalue weighted by molar-refractivity contribution is 0.0949. The van der Waals surface area contributed by atoms with Crippen LogP contribution in [0.4, 0.5) is 8.78 Å². The Morgan fingerprint density at radius 2 is 2.02 bits per heavy atom. The first-order chi connectivity index (χ1) is 20.7. The number of amides is 1. The van der Waals surface area contributed by atoms with Gasteiger partial charge < -0.3 is 19.4 Å². The number of benzene rings is 2. The monoisotopic (exact) mass is 606 g/mol. The third kappa shape index (κ3) is 5.32. The highest BCUT2D eigenvalue weighted by molar-refractivity contribution is 7.92. The minimum absolute atomic E-state index is 0.0362. The van der Waals surface area contributed by atoms with Crippen molar-refractivity contribution in [2.24, 2.45) is 0 Å². The van der Waals surface area contributed by atoms with Crippen LogP contribution in [0.5, 0.6) is 5.75 Å². The van der Waals surface area contributed by atoms with Gasteiger partial charge in [-0.2, -0.15) is 0 Å². The van der Waals surface area contributed by atoms with Crippen LogP contribution in [-0.2, 0) is 27.7 Å². The second kappa shape index (κ2) is 11.3. The number of nitrogens with zero attached hydrogens (tertiary/aromatic N) is 3.